The second-order valence-corrected chi connectivity index (χ2v) is 4.38. The van der Waals surface area contributed by atoms with Crippen LogP contribution in [0.25, 0.3) is 10.1 Å². The predicted molar refractivity (Wildman–Crippen MR) is 59.3 cm³/mol. The first-order chi connectivity index (χ1) is 6.72. The van der Waals surface area contributed by atoms with E-state index in [1.807, 2.05) is 6.07 Å². The molecule has 0 bridgehead atoms. The van der Waals surface area contributed by atoms with Gasteiger partial charge in [-0.1, -0.05) is 6.92 Å². The van der Waals surface area contributed by atoms with E-state index in [-0.39, 0.29) is 5.82 Å². The molecule has 0 saturated carbocycles. The van der Waals surface area contributed by atoms with Crippen molar-refractivity contribution in [2.45, 2.75) is 12.8 Å². The summed E-state index contributed by atoms with van der Waals surface area (Å²) in [4.78, 5) is 0. The van der Waals surface area contributed by atoms with Crippen LogP contribution in [0.15, 0.2) is 23.6 Å². The molecule has 2 aromatic rings. The van der Waals surface area contributed by atoms with Crippen LogP contribution in [0.5, 0.6) is 0 Å². The van der Waals surface area contributed by atoms with Crippen molar-refractivity contribution < 1.29 is 4.39 Å². The molecule has 0 fully saturated rings. The summed E-state index contributed by atoms with van der Waals surface area (Å²) in [5.74, 6) is 0.118. The number of hydrogen-bond acceptors (Lipinski definition) is 2. The number of fused-ring (bicyclic) bond motifs is 1. The number of rotatable bonds is 2. The molecule has 3 heteroatoms. The fraction of sp³-hybridized carbons (Fsp3) is 0.273. The first-order valence-electron chi connectivity index (χ1n) is 4.59. The third-order valence-electron chi connectivity index (χ3n) is 2.45. The summed E-state index contributed by atoms with van der Waals surface area (Å²) in [7, 11) is 0. The molecule has 1 aromatic heterocycles. The van der Waals surface area contributed by atoms with Crippen LogP contribution in [0.3, 0.4) is 0 Å². The van der Waals surface area contributed by atoms with Crippen molar-refractivity contribution in [1.82, 2.24) is 0 Å². The molecule has 1 nitrogen and oxygen atoms in total. The third kappa shape index (κ3) is 1.53. The molecule has 0 aliphatic rings. The SMILES string of the molecule is CC(CN)c1csc2ccc(F)cc12. The van der Waals surface area contributed by atoms with Crippen LogP contribution in [0.1, 0.15) is 18.4 Å². The van der Waals surface area contributed by atoms with Gasteiger partial charge >= 0.3 is 0 Å². The molecule has 1 unspecified atom stereocenters. The van der Waals surface area contributed by atoms with Crippen LogP contribution < -0.4 is 5.73 Å². The molecule has 1 heterocycles. The fourth-order valence-electron chi connectivity index (χ4n) is 1.53. The van der Waals surface area contributed by atoms with Gasteiger partial charge in [0, 0.05) is 4.70 Å². The first kappa shape index (κ1) is 9.62. The van der Waals surface area contributed by atoms with Gasteiger partial charge in [-0.2, -0.15) is 0 Å². The van der Waals surface area contributed by atoms with Crippen molar-refractivity contribution in [3.05, 3.63) is 35.0 Å². The normalized spacial score (nSPS) is 13.4. The van der Waals surface area contributed by atoms with Gasteiger partial charge in [0.2, 0.25) is 0 Å². The largest absolute Gasteiger partial charge is 0.330 e. The Morgan fingerprint density at radius 1 is 1.50 bits per heavy atom. The van der Waals surface area contributed by atoms with Crippen molar-refractivity contribution in [2.24, 2.45) is 5.73 Å². The van der Waals surface area contributed by atoms with Gasteiger partial charge in [-0.05, 0) is 47.0 Å². The average Bonchev–Trinajstić information content (AvgIpc) is 2.59. The molecular formula is C11H12FNS. The lowest BCUT2D eigenvalue weighted by Crippen LogP contribution is -2.08. The second kappa shape index (κ2) is 3.67. The van der Waals surface area contributed by atoms with Gasteiger partial charge in [-0.15, -0.1) is 11.3 Å². The van der Waals surface area contributed by atoms with Crippen molar-refractivity contribution in [3.8, 4) is 0 Å². The van der Waals surface area contributed by atoms with Crippen LogP contribution in [0.2, 0.25) is 0 Å². The van der Waals surface area contributed by atoms with E-state index in [4.69, 9.17) is 5.73 Å². The summed E-state index contributed by atoms with van der Waals surface area (Å²) in [5, 5.41) is 3.08. The molecule has 2 rings (SSSR count). The Bertz CT molecular complexity index is 449. The zero-order valence-electron chi connectivity index (χ0n) is 7.96. The van der Waals surface area contributed by atoms with E-state index < -0.39 is 0 Å². The maximum atomic E-state index is 13.0. The molecule has 74 valence electrons. The smallest absolute Gasteiger partial charge is 0.123 e. The quantitative estimate of drug-likeness (QED) is 0.808. The number of hydrogen-bond donors (Lipinski definition) is 1. The highest BCUT2D eigenvalue weighted by Gasteiger charge is 2.10. The Kier molecular flexibility index (Phi) is 2.52. The summed E-state index contributed by atoms with van der Waals surface area (Å²) in [6.07, 6.45) is 0. The Labute approximate surface area is 86.4 Å². The van der Waals surface area contributed by atoms with Gasteiger partial charge < -0.3 is 5.73 Å². The minimum Gasteiger partial charge on any atom is -0.330 e. The summed E-state index contributed by atoms with van der Waals surface area (Å²) in [6.45, 7) is 2.66. The monoisotopic (exact) mass is 209 g/mol. The Morgan fingerprint density at radius 3 is 3.00 bits per heavy atom. The number of benzene rings is 1. The summed E-state index contributed by atoms with van der Waals surface area (Å²) >= 11 is 1.64. The molecule has 0 saturated heterocycles. The number of halogens is 1. The van der Waals surface area contributed by atoms with Crippen LogP contribution in [-0.2, 0) is 0 Å². The minimum absolute atomic E-state index is 0.179. The summed E-state index contributed by atoms with van der Waals surface area (Å²) in [6, 6.07) is 4.91. The molecule has 0 spiro atoms. The van der Waals surface area contributed by atoms with Crippen LogP contribution in [-0.4, -0.2) is 6.54 Å². The van der Waals surface area contributed by atoms with Crippen LogP contribution in [0, 0.1) is 5.82 Å². The zero-order chi connectivity index (χ0) is 10.1. The molecule has 1 aromatic carbocycles. The van der Waals surface area contributed by atoms with Crippen molar-refractivity contribution in [1.29, 1.82) is 0 Å². The minimum atomic E-state index is -0.179. The van der Waals surface area contributed by atoms with Crippen molar-refractivity contribution >= 4 is 21.4 Å². The maximum absolute atomic E-state index is 13.0. The Balaban J connectivity index is 2.61. The lowest BCUT2D eigenvalue weighted by molar-refractivity contribution is 0.629. The number of thiophene rings is 1. The first-order valence-corrected chi connectivity index (χ1v) is 5.47. The van der Waals surface area contributed by atoms with E-state index in [1.165, 1.54) is 6.07 Å². The van der Waals surface area contributed by atoms with E-state index in [1.54, 1.807) is 17.4 Å². The van der Waals surface area contributed by atoms with Gasteiger partial charge in [0.1, 0.15) is 5.82 Å². The van der Waals surface area contributed by atoms with Crippen molar-refractivity contribution in [3.63, 3.8) is 0 Å². The average molecular weight is 209 g/mol. The van der Waals surface area contributed by atoms with Crippen LogP contribution >= 0.6 is 11.3 Å². The van der Waals surface area contributed by atoms with E-state index in [2.05, 4.69) is 12.3 Å². The molecule has 2 N–H and O–H groups in total. The van der Waals surface area contributed by atoms with Gasteiger partial charge in [0.05, 0.1) is 0 Å². The third-order valence-corrected chi connectivity index (χ3v) is 3.43. The van der Waals surface area contributed by atoms with E-state index in [0.29, 0.717) is 12.5 Å². The molecule has 14 heavy (non-hydrogen) atoms. The number of nitrogens with two attached hydrogens (primary N) is 1. The zero-order valence-corrected chi connectivity index (χ0v) is 8.77. The highest BCUT2D eigenvalue weighted by molar-refractivity contribution is 7.17. The fourth-order valence-corrected chi connectivity index (χ4v) is 2.59. The van der Waals surface area contributed by atoms with Gasteiger partial charge in [0.25, 0.3) is 0 Å². The molecular weight excluding hydrogens is 197 g/mol. The van der Waals surface area contributed by atoms with E-state index in [0.717, 1.165) is 15.6 Å². The van der Waals surface area contributed by atoms with Gasteiger partial charge in [0.15, 0.2) is 0 Å². The second-order valence-electron chi connectivity index (χ2n) is 3.47. The summed E-state index contributed by atoms with van der Waals surface area (Å²) < 4.78 is 14.2. The van der Waals surface area contributed by atoms with Crippen molar-refractivity contribution in [2.75, 3.05) is 6.54 Å². The lowest BCUT2D eigenvalue weighted by atomic mass is 10.0. The lowest BCUT2D eigenvalue weighted by Gasteiger charge is -2.06. The molecule has 0 amide bonds. The van der Waals surface area contributed by atoms with Gasteiger partial charge in [-0.25, -0.2) is 4.39 Å². The molecule has 1 atom stereocenters. The highest BCUT2D eigenvalue weighted by atomic mass is 32.1. The predicted octanol–water partition coefficient (Wildman–Crippen LogP) is 3.10. The summed E-state index contributed by atoms with van der Waals surface area (Å²) in [5.41, 5.74) is 6.76. The maximum Gasteiger partial charge on any atom is 0.123 e. The van der Waals surface area contributed by atoms with E-state index >= 15 is 0 Å². The van der Waals surface area contributed by atoms with Crippen LogP contribution in [0.4, 0.5) is 4.39 Å². The van der Waals surface area contributed by atoms with Gasteiger partial charge in [-0.3, -0.25) is 0 Å². The Hall–Kier alpha value is -0.930. The molecule has 0 aliphatic heterocycles. The topological polar surface area (TPSA) is 26.0 Å². The van der Waals surface area contributed by atoms with E-state index in [9.17, 15) is 4.39 Å². The highest BCUT2D eigenvalue weighted by Crippen LogP contribution is 2.31. The Morgan fingerprint density at radius 2 is 2.29 bits per heavy atom. The standard InChI is InChI=1S/C11H12FNS/c1-7(5-13)10-6-14-11-3-2-8(12)4-9(10)11/h2-4,6-7H,5,13H2,1H3. The molecule has 0 radical (unpaired) electrons. The molecule has 0 aliphatic carbocycles.